The molecular formula is C26H37N7O8. The number of hydrogen-bond acceptors (Lipinski definition) is 8. The van der Waals surface area contributed by atoms with Crippen LogP contribution in [0.25, 0.3) is 10.9 Å². The molecule has 41 heavy (non-hydrogen) atoms. The van der Waals surface area contributed by atoms with Crippen molar-refractivity contribution in [3.8, 4) is 0 Å². The van der Waals surface area contributed by atoms with Gasteiger partial charge in [0, 0.05) is 29.9 Å². The molecule has 4 atom stereocenters. The maximum Gasteiger partial charge on any atom is 0.326 e. The molecule has 2 rings (SSSR count). The Morgan fingerprint density at radius 3 is 2.12 bits per heavy atom. The number of benzene rings is 1. The highest BCUT2D eigenvalue weighted by Gasteiger charge is 2.31. The largest absolute Gasteiger partial charge is 0.481 e. The van der Waals surface area contributed by atoms with Crippen molar-refractivity contribution in [1.82, 2.24) is 20.9 Å². The molecule has 0 aliphatic heterocycles. The van der Waals surface area contributed by atoms with E-state index in [4.69, 9.17) is 22.3 Å². The van der Waals surface area contributed by atoms with E-state index in [1.807, 2.05) is 12.1 Å². The van der Waals surface area contributed by atoms with E-state index in [0.717, 1.165) is 10.9 Å². The van der Waals surface area contributed by atoms with E-state index in [1.165, 1.54) is 0 Å². The molecule has 4 unspecified atom stereocenters. The zero-order valence-corrected chi connectivity index (χ0v) is 22.4. The Bertz CT molecular complexity index is 1250. The van der Waals surface area contributed by atoms with Crippen LogP contribution in [-0.2, 0) is 35.2 Å². The molecule has 224 valence electrons. The Morgan fingerprint density at radius 1 is 0.854 bits per heavy atom. The van der Waals surface area contributed by atoms with Crippen LogP contribution in [0.4, 0.5) is 0 Å². The number of aliphatic carboxylic acids is 2. The number of para-hydroxylation sites is 1. The van der Waals surface area contributed by atoms with Gasteiger partial charge in [0.05, 0.1) is 12.5 Å². The normalized spacial score (nSPS) is 13.9. The first-order valence-electron chi connectivity index (χ1n) is 13.1. The third kappa shape index (κ3) is 10.5. The number of carbonyl (C=O) groups is 6. The van der Waals surface area contributed by atoms with Gasteiger partial charge < -0.3 is 48.3 Å². The topological polar surface area (TPSA) is 273 Å². The maximum absolute atomic E-state index is 13.4. The second kappa shape index (κ2) is 15.9. The first-order chi connectivity index (χ1) is 19.4. The summed E-state index contributed by atoms with van der Waals surface area (Å²) in [6, 6.07) is 1.85. The van der Waals surface area contributed by atoms with Crippen molar-refractivity contribution >= 4 is 46.5 Å². The average Bonchev–Trinajstić information content (AvgIpc) is 3.31. The minimum Gasteiger partial charge on any atom is -0.481 e. The summed E-state index contributed by atoms with van der Waals surface area (Å²) in [5.74, 6) is -5.97. The summed E-state index contributed by atoms with van der Waals surface area (Å²) >= 11 is 0. The van der Waals surface area contributed by atoms with E-state index in [9.17, 15) is 33.9 Å². The molecule has 4 amide bonds. The molecule has 12 N–H and O–H groups in total. The van der Waals surface area contributed by atoms with Crippen molar-refractivity contribution in [2.75, 3.05) is 6.54 Å². The van der Waals surface area contributed by atoms with Gasteiger partial charge in [-0.25, -0.2) is 4.79 Å². The number of H-pyrrole nitrogens is 1. The summed E-state index contributed by atoms with van der Waals surface area (Å²) in [6.07, 6.45) is 1.34. The van der Waals surface area contributed by atoms with Crippen LogP contribution in [0.15, 0.2) is 30.5 Å². The van der Waals surface area contributed by atoms with Gasteiger partial charge >= 0.3 is 11.9 Å². The molecule has 0 spiro atoms. The minimum absolute atomic E-state index is 0.0580. The molecule has 1 aromatic carbocycles. The molecule has 0 saturated heterocycles. The van der Waals surface area contributed by atoms with Crippen LogP contribution < -0.4 is 33.2 Å². The van der Waals surface area contributed by atoms with Crippen LogP contribution >= 0.6 is 0 Å². The number of amides is 4. The SMILES string of the molecule is NCCCCC(NC(=O)C(Cc1c[nH]c2ccccc12)NC(=O)C(CCC(=O)O)NC(=O)C(N)CC(N)=O)C(=O)O. The first kappa shape index (κ1) is 32.7. The predicted molar refractivity (Wildman–Crippen MR) is 147 cm³/mol. The van der Waals surface area contributed by atoms with Gasteiger partial charge in [0.2, 0.25) is 23.6 Å². The lowest BCUT2D eigenvalue weighted by Crippen LogP contribution is -2.57. The van der Waals surface area contributed by atoms with Crippen LogP contribution in [0.2, 0.25) is 0 Å². The van der Waals surface area contributed by atoms with E-state index < -0.39 is 72.6 Å². The Morgan fingerprint density at radius 2 is 1.49 bits per heavy atom. The number of aromatic nitrogens is 1. The molecule has 15 heteroatoms. The van der Waals surface area contributed by atoms with E-state index in [-0.39, 0.29) is 19.3 Å². The van der Waals surface area contributed by atoms with Crippen LogP contribution in [0, 0.1) is 0 Å². The summed E-state index contributed by atoms with van der Waals surface area (Å²) < 4.78 is 0. The third-order valence-corrected chi connectivity index (χ3v) is 6.33. The molecule has 0 aliphatic carbocycles. The molecule has 0 radical (unpaired) electrons. The molecule has 2 aromatic rings. The average molecular weight is 576 g/mol. The number of rotatable bonds is 18. The maximum atomic E-state index is 13.4. The van der Waals surface area contributed by atoms with E-state index >= 15 is 0 Å². The molecule has 0 bridgehead atoms. The lowest BCUT2D eigenvalue weighted by Gasteiger charge is -2.25. The van der Waals surface area contributed by atoms with Crippen molar-refractivity contribution in [3.63, 3.8) is 0 Å². The molecule has 0 saturated carbocycles. The second-order valence-electron chi connectivity index (χ2n) is 9.58. The second-order valence-corrected chi connectivity index (χ2v) is 9.58. The van der Waals surface area contributed by atoms with Gasteiger partial charge in [0.25, 0.3) is 0 Å². The van der Waals surface area contributed by atoms with Crippen LogP contribution in [0.3, 0.4) is 0 Å². The highest BCUT2D eigenvalue weighted by molar-refractivity contribution is 5.95. The number of carboxylic acid groups (broad SMARTS) is 2. The summed E-state index contributed by atoms with van der Waals surface area (Å²) in [5.41, 5.74) is 17.6. The predicted octanol–water partition coefficient (Wildman–Crippen LogP) is -1.55. The standard InChI is InChI=1S/C26H37N7O8/c27-10-4-3-7-19(26(40)41)32-25(39)20(11-14-13-30-17-6-2-1-5-15(14)17)33-24(38)18(8-9-22(35)36)31-23(37)16(28)12-21(29)34/h1-2,5-6,13,16,18-20,30H,3-4,7-12,27-28H2,(H2,29,34)(H,31,37)(H,32,39)(H,33,38)(H,35,36)(H,40,41). The molecular weight excluding hydrogens is 538 g/mol. The van der Waals surface area contributed by atoms with Crippen molar-refractivity contribution in [3.05, 3.63) is 36.0 Å². The molecule has 1 aromatic heterocycles. The minimum atomic E-state index is -1.43. The Labute approximate surface area is 235 Å². The van der Waals surface area contributed by atoms with Gasteiger partial charge in [-0.15, -0.1) is 0 Å². The Hall–Kier alpha value is -4.50. The van der Waals surface area contributed by atoms with Crippen LogP contribution in [0.1, 0.15) is 44.1 Å². The van der Waals surface area contributed by atoms with E-state index in [0.29, 0.717) is 24.9 Å². The van der Waals surface area contributed by atoms with Crippen LogP contribution in [0.5, 0.6) is 0 Å². The zero-order valence-electron chi connectivity index (χ0n) is 22.4. The summed E-state index contributed by atoms with van der Waals surface area (Å²) in [4.78, 5) is 76.3. The van der Waals surface area contributed by atoms with Crippen molar-refractivity contribution < 1.29 is 39.0 Å². The fourth-order valence-corrected chi connectivity index (χ4v) is 4.15. The van der Waals surface area contributed by atoms with Gasteiger partial charge in [-0.3, -0.25) is 24.0 Å². The summed E-state index contributed by atoms with van der Waals surface area (Å²) in [6.45, 7) is 0.353. The zero-order chi connectivity index (χ0) is 30.5. The molecule has 15 nitrogen and oxygen atoms in total. The number of aromatic amines is 1. The molecule has 1 heterocycles. The number of nitrogens with one attached hydrogen (secondary N) is 4. The molecule has 0 aliphatic rings. The fraction of sp³-hybridized carbons (Fsp3) is 0.462. The van der Waals surface area contributed by atoms with Crippen molar-refractivity contribution in [2.45, 2.75) is 69.1 Å². The van der Waals surface area contributed by atoms with Gasteiger partial charge in [0.1, 0.15) is 18.1 Å². The highest BCUT2D eigenvalue weighted by atomic mass is 16.4. The lowest BCUT2D eigenvalue weighted by molar-refractivity contribution is -0.142. The number of nitrogens with two attached hydrogens (primary N) is 3. The number of carbonyl (C=O) groups excluding carboxylic acids is 4. The number of fused-ring (bicyclic) bond motifs is 1. The van der Waals surface area contributed by atoms with E-state index in [1.54, 1.807) is 18.3 Å². The quantitative estimate of drug-likeness (QED) is 0.0922. The Balaban J connectivity index is 2.32. The van der Waals surface area contributed by atoms with Gasteiger partial charge in [-0.05, 0) is 43.9 Å². The van der Waals surface area contributed by atoms with E-state index in [2.05, 4.69) is 20.9 Å². The number of unbranched alkanes of at least 4 members (excludes halogenated alkanes) is 1. The fourth-order valence-electron chi connectivity index (χ4n) is 4.15. The molecule has 0 fully saturated rings. The third-order valence-electron chi connectivity index (χ3n) is 6.33. The van der Waals surface area contributed by atoms with Gasteiger partial charge in [-0.2, -0.15) is 0 Å². The highest BCUT2D eigenvalue weighted by Crippen LogP contribution is 2.19. The summed E-state index contributed by atoms with van der Waals surface area (Å²) in [5, 5.41) is 26.8. The first-order valence-corrected chi connectivity index (χ1v) is 13.1. The monoisotopic (exact) mass is 575 g/mol. The van der Waals surface area contributed by atoms with Gasteiger partial charge in [-0.1, -0.05) is 18.2 Å². The smallest absolute Gasteiger partial charge is 0.326 e. The lowest BCUT2D eigenvalue weighted by atomic mass is 10.0. The summed E-state index contributed by atoms with van der Waals surface area (Å²) in [7, 11) is 0. The van der Waals surface area contributed by atoms with Gasteiger partial charge in [0.15, 0.2) is 0 Å². The van der Waals surface area contributed by atoms with Crippen molar-refractivity contribution in [2.24, 2.45) is 17.2 Å². The Kier molecular flexibility index (Phi) is 12.7. The number of hydrogen-bond donors (Lipinski definition) is 9. The number of primary amides is 1. The number of carboxylic acids is 2. The van der Waals surface area contributed by atoms with Crippen LogP contribution in [-0.4, -0.2) is 81.5 Å². The van der Waals surface area contributed by atoms with Crippen molar-refractivity contribution in [1.29, 1.82) is 0 Å².